The average molecular weight is 280 g/mol. The fraction of sp³-hybridized carbons (Fsp3) is 0.294. The Morgan fingerprint density at radius 3 is 2.90 bits per heavy atom. The Morgan fingerprint density at radius 1 is 1.29 bits per heavy atom. The van der Waals surface area contributed by atoms with E-state index in [9.17, 15) is 0 Å². The van der Waals surface area contributed by atoms with Crippen LogP contribution >= 0.6 is 0 Å². The van der Waals surface area contributed by atoms with Gasteiger partial charge in [-0.1, -0.05) is 6.07 Å². The summed E-state index contributed by atoms with van der Waals surface area (Å²) in [7, 11) is 2.13. The Morgan fingerprint density at radius 2 is 2.14 bits per heavy atom. The summed E-state index contributed by atoms with van der Waals surface area (Å²) in [5.41, 5.74) is 4.66. The first-order valence-electron chi connectivity index (χ1n) is 7.18. The van der Waals surface area contributed by atoms with Crippen LogP contribution in [0.15, 0.2) is 49.1 Å². The van der Waals surface area contributed by atoms with Crippen LogP contribution < -0.4 is 0 Å². The van der Waals surface area contributed by atoms with Crippen molar-refractivity contribution in [2.24, 2.45) is 0 Å². The summed E-state index contributed by atoms with van der Waals surface area (Å²) >= 11 is 0. The standard InChI is InChI=1S/C17H20N4/c1-13-6-8-21-16(11-19-17(21)9-13)12-20(3)14(2)15-5-4-7-18-10-15/h4-11,14H,12H2,1-3H3/t14-/m1/s1. The molecule has 0 amide bonds. The third kappa shape index (κ3) is 2.81. The van der Waals surface area contributed by atoms with Crippen molar-refractivity contribution in [3.63, 3.8) is 0 Å². The van der Waals surface area contributed by atoms with E-state index >= 15 is 0 Å². The second kappa shape index (κ2) is 5.66. The molecular weight excluding hydrogens is 260 g/mol. The highest BCUT2D eigenvalue weighted by atomic mass is 15.1. The maximum atomic E-state index is 4.49. The molecule has 0 saturated carbocycles. The lowest BCUT2D eigenvalue weighted by atomic mass is 10.1. The molecule has 1 atom stereocenters. The number of rotatable bonds is 4. The van der Waals surface area contributed by atoms with E-state index in [1.165, 1.54) is 16.8 Å². The van der Waals surface area contributed by atoms with Gasteiger partial charge in [-0.15, -0.1) is 0 Å². The van der Waals surface area contributed by atoms with Gasteiger partial charge in [0.05, 0.1) is 11.9 Å². The van der Waals surface area contributed by atoms with E-state index in [1.807, 2.05) is 24.7 Å². The maximum Gasteiger partial charge on any atom is 0.137 e. The topological polar surface area (TPSA) is 33.4 Å². The summed E-state index contributed by atoms with van der Waals surface area (Å²) in [6.45, 7) is 5.13. The number of pyridine rings is 2. The molecule has 0 spiro atoms. The molecule has 0 aliphatic heterocycles. The van der Waals surface area contributed by atoms with Crippen LogP contribution in [-0.4, -0.2) is 26.3 Å². The molecule has 0 bridgehead atoms. The summed E-state index contributed by atoms with van der Waals surface area (Å²) in [6, 6.07) is 8.63. The van der Waals surface area contributed by atoms with Gasteiger partial charge in [-0.25, -0.2) is 4.98 Å². The molecule has 0 aliphatic carbocycles. The first-order chi connectivity index (χ1) is 10.1. The lowest BCUT2D eigenvalue weighted by molar-refractivity contribution is 0.249. The molecule has 21 heavy (non-hydrogen) atoms. The third-order valence-electron chi connectivity index (χ3n) is 3.98. The van der Waals surface area contributed by atoms with E-state index in [1.54, 1.807) is 0 Å². The minimum absolute atomic E-state index is 0.315. The highest BCUT2D eigenvalue weighted by molar-refractivity contribution is 5.42. The zero-order chi connectivity index (χ0) is 14.8. The fourth-order valence-corrected chi connectivity index (χ4v) is 2.52. The van der Waals surface area contributed by atoms with Gasteiger partial charge in [-0.2, -0.15) is 0 Å². The van der Waals surface area contributed by atoms with Gasteiger partial charge < -0.3 is 4.40 Å². The first-order valence-corrected chi connectivity index (χ1v) is 7.18. The highest BCUT2D eigenvalue weighted by Gasteiger charge is 2.14. The van der Waals surface area contributed by atoms with E-state index in [2.05, 4.69) is 64.6 Å². The fourth-order valence-electron chi connectivity index (χ4n) is 2.52. The molecule has 4 nitrogen and oxygen atoms in total. The van der Waals surface area contributed by atoms with E-state index in [0.717, 1.165) is 12.2 Å². The van der Waals surface area contributed by atoms with Crippen LogP contribution in [-0.2, 0) is 6.54 Å². The first kappa shape index (κ1) is 13.8. The molecule has 0 unspecified atom stereocenters. The second-order valence-corrected chi connectivity index (χ2v) is 5.56. The van der Waals surface area contributed by atoms with Crippen LogP contribution in [0.25, 0.3) is 5.65 Å². The van der Waals surface area contributed by atoms with Gasteiger partial charge in [-0.3, -0.25) is 9.88 Å². The van der Waals surface area contributed by atoms with Crippen LogP contribution in [0.1, 0.15) is 29.8 Å². The van der Waals surface area contributed by atoms with E-state index in [0.29, 0.717) is 6.04 Å². The number of hydrogen-bond donors (Lipinski definition) is 0. The summed E-state index contributed by atoms with van der Waals surface area (Å²) < 4.78 is 2.15. The molecule has 3 rings (SSSR count). The zero-order valence-electron chi connectivity index (χ0n) is 12.7. The van der Waals surface area contributed by atoms with Crippen LogP contribution in [0, 0.1) is 6.92 Å². The van der Waals surface area contributed by atoms with Crippen molar-refractivity contribution in [2.45, 2.75) is 26.4 Å². The Kier molecular flexibility index (Phi) is 3.71. The highest BCUT2D eigenvalue weighted by Crippen LogP contribution is 2.20. The molecule has 0 aliphatic rings. The van der Waals surface area contributed by atoms with Gasteiger partial charge in [0.1, 0.15) is 5.65 Å². The van der Waals surface area contributed by atoms with Crippen molar-refractivity contribution < 1.29 is 0 Å². The monoisotopic (exact) mass is 280 g/mol. The number of imidazole rings is 1. The van der Waals surface area contributed by atoms with Gasteiger partial charge in [-0.05, 0) is 50.2 Å². The molecule has 3 aromatic heterocycles. The van der Waals surface area contributed by atoms with E-state index < -0.39 is 0 Å². The summed E-state index contributed by atoms with van der Waals surface area (Å²) in [5, 5.41) is 0. The quantitative estimate of drug-likeness (QED) is 0.735. The normalized spacial score (nSPS) is 13.0. The Labute approximate surface area is 125 Å². The van der Waals surface area contributed by atoms with Crippen LogP contribution in [0.3, 0.4) is 0 Å². The Balaban J connectivity index is 1.81. The molecule has 108 valence electrons. The minimum Gasteiger partial charge on any atom is -0.303 e. The van der Waals surface area contributed by atoms with Crippen molar-refractivity contribution in [3.05, 3.63) is 65.9 Å². The van der Waals surface area contributed by atoms with Crippen LogP contribution in [0.5, 0.6) is 0 Å². The number of hydrogen-bond acceptors (Lipinski definition) is 3. The molecule has 0 fully saturated rings. The van der Waals surface area contributed by atoms with Gasteiger partial charge in [0.25, 0.3) is 0 Å². The van der Waals surface area contributed by atoms with Crippen molar-refractivity contribution in [1.82, 2.24) is 19.3 Å². The maximum absolute atomic E-state index is 4.49. The lowest BCUT2D eigenvalue weighted by Crippen LogP contribution is -2.22. The smallest absolute Gasteiger partial charge is 0.137 e. The number of aryl methyl sites for hydroxylation is 1. The minimum atomic E-state index is 0.315. The SMILES string of the molecule is Cc1ccn2c(CN(C)[C@H](C)c3cccnc3)cnc2c1. The third-order valence-corrected chi connectivity index (χ3v) is 3.98. The largest absolute Gasteiger partial charge is 0.303 e. The van der Waals surface area contributed by atoms with Gasteiger partial charge in [0.2, 0.25) is 0 Å². The average Bonchev–Trinajstić information content (AvgIpc) is 2.89. The molecule has 0 aromatic carbocycles. The molecule has 0 saturated heterocycles. The summed E-state index contributed by atoms with van der Waals surface area (Å²) in [4.78, 5) is 11.0. The molecular formula is C17H20N4. The molecule has 3 aromatic rings. The van der Waals surface area contributed by atoms with Crippen molar-refractivity contribution in [1.29, 1.82) is 0 Å². The Bertz CT molecular complexity index is 733. The molecule has 0 N–H and O–H groups in total. The van der Waals surface area contributed by atoms with Crippen molar-refractivity contribution in [3.8, 4) is 0 Å². The van der Waals surface area contributed by atoms with Gasteiger partial charge in [0.15, 0.2) is 0 Å². The van der Waals surface area contributed by atoms with E-state index in [-0.39, 0.29) is 0 Å². The number of fused-ring (bicyclic) bond motifs is 1. The molecule has 4 heteroatoms. The number of nitrogens with zero attached hydrogens (tertiary/aromatic N) is 4. The second-order valence-electron chi connectivity index (χ2n) is 5.56. The summed E-state index contributed by atoms with van der Waals surface area (Å²) in [6.07, 6.45) is 7.79. The van der Waals surface area contributed by atoms with E-state index in [4.69, 9.17) is 0 Å². The predicted octanol–water partition coefficient (Wildman–Crippen LogP) is 3.23. The zero-order valence-corrected chi connectivity index (χ0v) is 12.7. The molecule has 3 heterocycles. The van der Waals surface area contributed by atoms with Crippen LogP contribution in [0.4, 0.5) is 0 Å². The van der Waals surface area contributed by atoms with Crippen LogP contribution in [0.2, 0.25) is 0 Å². The summed E-state index contributed by atoms with van der Waals surface area (Å²) in [5.74, 6) is 0. The van der Waals surface area contributed by atoms with Crippen molar-refractivity contribution >= 4 is 5.65 Å². The van der Waals surface area contributed by atoms with Gasteiger partial charge >= 0.3 is 0 Å². The Hall–Kier alpha value is -2.20. The van der Waals surface area contributed by atoms with Gasteiger partial charge in [0, 0.05) is 31.2 Å². The predicted molar refractivity (Wildman–Crippen MR) is 84.0 cm³/mol. The number of aromatic nitrogens is 3. The lowest BCUT2D eigenvalue weighted by Gasteiger charge is -2.24. The van der Waals surface area contributed by atoms with Crippen molar-refractivity contribution in [2.75, 3.05) is 7.05 Å². The molecule has 0 radical (unpaired) electrons.